The molecule has 0 saturated heterocycles. The van der Waals surface area contributed by atoms with Gasteiger partial charge in [0, 0.05) is 17.1 Å². The van der Waals surface area contributed by atoms with E-state index in [9.17, 15) is 13.2 Å². The van der Waals surface area contributed by atoms with Crippen LogP contribution in [0.1, 0.15) is 11.1 Å². The predicted molar refractivity (Wildman–Crippen MR) is 70.3 cm³/mol. The maximum atomic E-state index is 12.4. The van der Waals surface area contributed by atoms with Crippen LogP contribution in [0.25, 0.3) is 0 Å². The van der Waals surface area contributed by atoms with Crippen LogP contribution in [0.15, 0.2) is 42.5 Å². The maximum absolute atomic E-state index is 12.4. The second-order valence-electron chi connectivity index (χ2n) is 4.27. The van der Waals surface area contributed by atoms with E-state index in [-0.39, 0.29) is 0 Å². The van der Waals surface area contributed by atoms with Crippen LogP contribution < -0.4 is 11.1 Å². The molecule has 0 unspecified atom stereocenters. The second-order valence-corrected chi connectivity index (χ2v) is 4.27. The van der Waals surface area contributed by atoms with Crippen LogP contribution in [-0.4, -0.2) is 0 Å². The zero-order valence-corrected chi connectivity index (χ0v) is 10.3. The van der Waals surface area contributed by atoms with Gasteiger partial charge in [-0.2, -0.15) is 13.2 Å². The van der Waals surface area contributed by atoms with E-state index in [2.05, 4.69) is 5.32 Å². The van der Waals surface area contributed by atoms with Crippen molar-refractivity contribution in [2.45, 2.75) is 13.1 Å². The van der Waals surface area contributed by atoms with E-state index in [1.807, 2.05) is 19.1 Å². The molecule has 0 fully saturated rings. The van der Waals surface area contributed by atoms with Crippen molar-refractivity contribution in [1.29, 1.82) is 0 Å². The Bertz CT molecular complexity index is 574. The Morgan fingerprint density at radius 2 is 1.53 bits per heavy atom. The smallest absolute Gasteiger partial charge is 0.398 e. The minimum atomic E-state index is -4.31. The molecule has 0 atom stereocenters. The standard InChI is InChI=1S/C14H13F3N2/c1-9-2-5-12(8-13(9)18)19-11-6-3-10(4-7-11)14(15,16)17/h2-8,19H,18H2,1H3. The van der Waals surface area contributed by atoms with Gasteiger partial charge in [-0.1, -0.05) is 6.07 Å². The highest BCUT2D eigenvalue weighted by Crippen LogP contribution is 2.30. The molecule has 3 N–H and O–H groups in total. The average molecular weight is 266 g/mol. The number of nitrogen functional groups attached to an aromatic ring is 1. The molecule has 0 saturated carbocycles. The third-order valence-electron chi connectivity index (χ3n) is 2.78. The lowest BCUT2D eigenvalue weighted by atomic mass is 10.1. The second kappa shape index (κ2) is 4.84. The van der Waals surface area contributed by atoms with Crippen molar-refractivity contribution in [2.75, 3.05) is 11.1 Å². The first-order valence-electron chi connectivity index (χ1n) is 5.67. The fourth-order valence-corrected chi connectivity index (χ4v) is 1.63. The zero-order chi connectivity index (χ0) is 14.0. The first-order valence-corrected chi connectivity index (χ1v) is 5.67. The molecule has 0 spiro atoms. The van der Waals surface area contributed by atoms with Crippen LogP contribution in [0, 0.1) is 6.92 Å². The van der Waals surface area contributed by atoms with Gasteiger partial charge in [-0.05, 0) is 48.9 Å². The van der Waals surface area contributed by atoms with Gasteiger partial charge in [-0.15, -0.1) is 0 Å². The Morgan fingerprint density at radius 1 is 0.947 bits per heavy atom. The van der Waals surface area contributed by atoms with E-state index in [0.717, 1.165) is 23.4 Å². The lowest BCUT2D eigenvalue weighted by molar-refractivity contribution is -0.137. The maximum Gasteiger partial charge on any atom is 0.416 e. The molecule has 0 bridgehead atoms. The predicted octanol–water partition coefficient (Wildman–Crippen LogP) is 4.34. The van der Waals surface area contributed by atoms with E-state index in [4.69, 9.17) is 5.73 Å². The molecule has 0 aliphatic rings. The van der Waals surface area contributed by atoms with Crippen LogP contribution in [-0.2, 0) is 6.18 Å². The molecule has 0 radical (unpaired) electrons. The number of rotatable bonds is 2. The number of hydrogen-bond donors (Lipinski definition) is 2. The SMILES string of the molecule is Cc1ccc(Nc2ccc(C(F)(F)F)cc2)cc1N. The summed E-state index contributed by atoms with van der Waals surface area (Å²) >= 11 is 0. The normalized spacial score (nSPS) is 11.4. The molecule has 0 amide bonds. The first kappa shape index (κ1) is 13.3. The summed E-state index contributed by atoms with van der Waals surface area (Å²) in [6, 6.07) is 10.3. The summed E-state index contributed by atoms with van der Waals surface area (Å²) in [7, 11) is 0. The van der Waals surface area contributed by atoms with Gasteiger partial charge in [-0.25, -0.2) is 0 Å². The van der Waals surface area contributed by atoms with Gasteiger partial charge in [0.25, 0.3) is 0 Å². The Hall–Kier alpha value is -2.17. The summed E-state index contributed by atoms with van der Waals surface area (Å²) in [4.78, 5) is 0. The van der Waals surface area contributed by atoms with Gasteiger partial charge < -0.3 is 11.1 Å². The third-order valence-corrected chi connectivity index (χ3v) is 2.78. The van der Waals surface area contributed by atoms with Gasteiger partial charge in [0.15, 0.2) is 0 Å². The Balaban J connectivity index is 2.17. The number of alkyl halides is 3. The first-order chi connectivity index (χ1) is 8.86. The van der Waals surface area contributed by atoms with Gasteiger partial charge in [-0.3, -0.25) is 0 Å². The highest BCUT2D eigenvalue weighted by Gasteiger charge is 2.29. The van der Waals surface area contributed by atoms with Crippen LogP contribution in [0.2, 0.25) is 0 Å². The third kappa shape index (κ3) is 3.19. The molecule has 100 valence electrons. The molecule has 2 aromatic rings. The summed E-state index contributed by atoms with van der Waals surface area (Å²) in [5.74, 6) is 0. The van der Waals surface area contributed by atoms with Crippen LogP contribution in [0.3, 0.4) is 0 Å². The molecule has 5 heteroatoms. The molecular formula is C14H13F3N2. The van der Waals surface area contributed by atoms with E-state index in [0.29, 0.717) is 11.4 Å². The van der Waals surface area contributed by atoms with Crippen molar-refractivity contribution in [3.05, 3.63) is 53.6 Å². The molecule has 2 nitrogen and oxygen atoms in total. The van der Waals surface area contributed by atoms with Gasteiger partial charge in [0.1, 0.15) is 0 Å². The number of nitrogens with two attached hydrogens (primary N) is 1. The number of benzene rings is 2. The summed E-state index contributed by atoms with van der Waals surface area (Å²) in [6.45, 7) is 1.89. The van der Waals surface area contributed by atoms with Crippen LogP contribution >= 0.6 is 0 Å². The van der Waals surface area contributed by atoms with E-state index in [1.165, 1.54) is 12.1 Å². The summed E-state index contributed by atoms with van der Waals surface area (Å²) in [5, 5.41) is 3.00. The lowest BCUT2D eigenvalue weighted by Crippen LogP contribution is -2.04. The van der Waals surface area contributed by atoms with Crippen molar-refractivity contribution in [1.82, 2.24) is 0 Å². The molecule has 0 aliphatic carbocycles. The Morgan fingerprint density at radius 3 is 2.05 bits per heavy atom. The minimum Gasteiger partial charge on any atom is -0.398 e. The van der Waals surface area contributed by atoms with E-state index in [1.54, 1.807) is 6.07 Å². The average Bonchev–Trinajstić information content (AvgIpc) is 2.33. The number of nitrogens with one attached hydrogen (secondary N) is 1. The Kier molecular flexibility index (Phi) is 3.38. The number of anilines is 3. The monoisotopic (exact) mass is 266 g/mol. The number of hydrogen-bond acceptors (Lipinski definition) is 2. The molecular weight excluding hydrogens is 253 g/mol. The highest BCUT2D eigenvalue weighted by molar-refractivity contribution is 5.65. The summed E-state index contributed by atoms with van der Waals surface area (Å²) < 4.78 is 37.2. The van der Waals surface area contributed by atoms with Crippen molar-refractivity contribution in [2.24, 2.45) is 0 Å². The molecule has 2 aromatic carbocycles. The fourth-order valence-electron chi connectivity index (χ4n) is 1.63. The van der Waals surface area contributed by atoms with E-state index >= 15 is 0 Å². The molecule has 0 heterocycles. The van der Waals surface area contributed by atoms with Crippen LogP contribution in [0.4, 0.5) is 30.2 Å². The quantitative estimate of drug-likeness (QED) is 0.793. The van der Waals surface area contributed by atoms with E-state index < -0.39 is 11.7 Å². The molecule has 0 aromatic heterocycles. The molecule has 0 aliphatic heterocycles. The summed E-state index contributed by atoms with van der Waals surface area (Å²) in [6.07, 6.45) is -4.31. The van der Waals surface area contributed by atoms with Crippen molar-refractivity contribution in [3.8, 4) is 0 Å². The van der Waals surface area contributed by atoms with Crippen molar-refractivity contribution < 1.29 is 13.2 Å². The number of aryl methyl sites for hydroxylation is 1. The highest BCUT2D eigenvalue weighted by atomic mass is 19.4. The van der Waals surface area contributed by atoms with Gasteiger partial charge in [0.05, 0.1) is 5.56 Å². The van der Waals surface area contributed by atoms with Crippen molar-refractivity contribution >= 4 is 17.1 Å². The molecule has 2 rings (SSSR count). The lowest BCUT2D eigenvalue weighted by Gasteiger charge is -2.10. The fraction of sp³-hybridized carbons (Fsp3) is 0.143. The van der Waals surface area contributed by atoms with Gasteiger partial charge >= 0.3 is 6.18 Å². The Labute approximate surface area is 109 Å². The minimum absolute atomic E-state index is 0.580. The zero-order valence-electron chi connectivity index (χ0n) is 10.3. The summed E-state index contributed by atoms with van der Waals surface area (Å²) in [5.41, 5.74) is 8.01. The molecule has 19 heavy (non-hydrogen) atoms. The topological polar surface area (TPSA) is 38.0 Å². The number of halogens is 3. The van der Waals surface area contributed by atoms with Crippen molar-refractivity contribution in [3.63, 3.8) is 0 Å². The van der Waals surface area contributed by atoms with Crippen LogP contribution in [0.5, 0.6) is 0 Å². The largest absolute Gasteiger partial charge is 0.416 e. The van der Waals surface area contributed by atoms with Gasteiger partial charge in [0.2, 0.25) is 0 Å².